The zero-order valence-electron chi connectivity index (χ0n) is 11.0. The summed E-state index contributed by atoms with van der Waals surface area (Å²) in [5.41, 5.74) is 0.174. The number of hydrogen-bond donors (Lipinski definition) is 1. The minimum atomic E-state index is 0.0875. The summed E-state index contributed by atoms with van der Waals surface area (Å²) in [7, 11) is 0. The van der Waals surface area contributed by atoms with Gasteiger partial charge in [0.2, 0.25) is 5.91 Å². The van der Waals surface area contributed by atoms with Gasteiger partial charge in [0, 0.05) is 25.1 Å². The lowest BCUT2D eigenvalue weighted by molar-refractivity contribution is -0.133. The van der Waals surface area contributed by atoms with Crippen LogP contribution in [0.1, 0.15) is 26.7 Å². The van der Waals surface area contributed by atoms with Gasteiger partial charge in [-0.2, -0.15) is 0 Å². The Balaban J connectivity index is 2.13. The third kappa shape index (κ3) is 2.33. The van der Waals surface area contributed by atoms with Gasteiger partial charge in [-0.05, 0) is 39.8 Å². The molecule has 4 nitrogen and oxygen atoms in total. The number of rotatable bonds is 4. The normalized spacial score (nSPS) is 28.0. The molecule has 1 N–H and O–H groups in total. The molecule has 4 heteroatoms. The minimum Gasteiger partial charge on any atom is -0.381 e. The zero-order valence-corrected chi connectivity index (χ0v) is 11.0. The average molecular weight is 240 g/mol. The van der Waals surface area contributed by atoms with Gasteiger partial charge >= 0.3 is 0 Å². The largest absolute Gasteiger partial charge is 0.381 e. The van der Waals surface area contributed by atoms with Crippen molar-refractivity contribution in [1.29, 1.82) is 0 Å². The number of nitrogens with zero attached hydrogens (tertiary/aromatic N) is 1. The maximum Gasteiger partial charge on any atom is 0.228 e. The topological polar surface area (TPSA) is 41.6 Å². The van der Waals surface area contributed by atoms with Crippen LogP contribution in [0.15, 0.2) is 0 Å². The molecule has 2 heterocycles. The van der Waals surface area contributed by atoms with Crippen molar-refractivity contribution in [2.45, 2.75) is 26.7 Å². The Hall–Kier alpha value is -0.610. The number of carbonyl (C=O) groups is 1. The van der Waals surface area contributed by atoms with E-state index >= 15 is 0 Å². The van der Waals surface area contributed by atoms with Gasteiger partial charge in [0.05, 0.1) is 12.5 Å². The van der Waals surface area contributed by atoms with Crippen LogP contribution in [0, 0.1) is 11.3 Å². The Bertz CT molecular complexity index is 275. The molecule has 2 aliphatic rings. The van der Waals surface area contributed by atoms with Gasteiger partial charge < -0.3 is 15.0 Å². The Labute approximate surface area is 104 Å². The number of nitrogens with one attached hydrogen (secondary N) is 1. The molecule has 0 aromatic carbocycles. The molecule has 0 aromatic rings. The first-order chi connectivity index (χ1) is 8.23. The van der Waals surface area contributed by atoms with E-state index in [-0.39, 0.29) is 11.3 Å². The van der Waals surface area contributed by atoms with E-state index in [1.807, 2.05) is 11.8 Å². The molecule has 17 heavy (non-hydrogen) atoms. The van der Waals surface area contributed by atoms with Crippen LogP contribution < -0.4 is 5.32 Å². The van der Waals surface area contributed by atoms with E-state index in [1.165, 1.54) is 0 Å². The van der Waals surface area contributed by atoms with Crippen LogP contribution >= 0.6 is 0 Å². The molecule has 0 bridgehead atoms. The molecular weight excluding hydrogens is 216 g/mol. The first-order valence-corrected chi connectivity index (χ1v) is 6.81. The van der Waals surface area contributed by atoms with Gasteiger partial charge in [-0.25, -0.2) is 0 Å². The standard InChI is InChI=1S/C13H24N2O2/c1-3-15-10-13(5-7-14-8-6-13)11(12(15)16)9-17-4-2/h11,14H,3-10H2,1-2H3/t11-/m0/s1. The van der Waals surface area contributed by atoms with Gasteiger partial charge in [0.1, 0.15) is 0 Å². The summed E-state index contributed by atoms with van der Waals surface area (Å²) in [5, 5.41) is 3.39. The van der Waals surface area contributed by atoms with Crippen LogP contribution in [0.4, 0.5) is 0 Å². The molecular formula is C13H24N2O2. The molecule has 1 amide bonds. The Morgan fingerprint density at radius 1 is 1.41 bits per heavy atom. The SMILES string of the molecule is CCOC[C@H]1C(=O)N(CC)CC12CCNCC2. The highest BCUT2D eigenvalue weighted by Crippen LogP contribution is 2.44. The van der Waals surface area contributed by atoms with Gasteiger partial charge in [-0.15, -0.1) is 0 Å². The van der Waals surface area contributed by atoms with Crippen molar-refractivity contribution in [3.8, 4) is 0 Å². The smallest absolute Gasteiger partial charge is 0.228 e. The zero-order chi connectivity index (χ0) is 12.3. The number of ether oxygens (including phenoxy) is 1. The summed E-state index contributed by atoms with van der Waals surface area (Å²) < 4.78 is 5.54. The van der Waals surface area contributed by atoms with E-state index < -0.39 is 0 Å². The highest BCUT2D eigenvalue weighted by molar-refractivity contribution is 5.82. The van der Waals surface area contributed by atoms with Crippen molar-refractivity contribution >= 4 is 5.91 Å². The van der Waals surface area contributed by atoms with E-state index in [1.54, 1.807) is 0 Å². The number of likely N-dealkylation sites (tertiary alicyclic amines) is 1. The highest BCUT2D eigenvalue weighted by Gasteiger charge is 2.51. The van der Waals surface area contributed by atoms with Crippen molar-refractivity contribution in [2.24, 2.45) is 11.3 Å². The van der Waals surface area contributed by atoms with Crippen molar-refractivity contribution in [3.05, 3.63) is 0 Å². The Morgan fingerprint density at radius 2 is 2.12 bits per heavy atom. The van der Waals surface area contributed by atoms with Crippen molar-refractivity contribution in [1.82, 2.24) is 10.2 Å². The highest BCUT2D eigenvalue weighted by atomic mass is 16.5. The fourth-order valence-electron chi connectivity index (χ4n) is 3.23. The quantitative estimate of drug-likeness (QED) is 0.793. The third-order valence-electron chi connectivity index (χ3n) is 4.32. The summed E-state index contributed by atoms with van der Waals surface area (Å²) in [6.45, 7) is 9.19. The monoisotopic (exact) mass is 240 g/mol. The number of amides is 1. The summed E-state index contributed by atoms with van der Waals surface area (Å²) >= 11 is 0. The second-order valence-electron chi connectivity index (χ2n) is 5.18. The van der Waals surface area contributed by atoms with E-state index in [4.69, 9.17) is 4.74 Å². The number of piperidine rings is 1. The fourth-order valence-corrected chi connectivity index (χ4v) is 3.23. The van der Waals surface area contributed by atoms with Gasteiger partial charge in [-0.3, -0.25) is 4.79 Å². The lowest BCUT2D eigenvalue weighted by Gasteiger charge is -2.37. The first-order valence-electron chi connectivity index (χ1n) is 6.81. The van der Waals surface area contributed by atoms with Crippen LogP contribution in [-0.4, -0.2) is 50.2 Å². The molecule has 0 radical (unpaired) electrons. The maximum atomic E-state index is 12.3. The van der Waals surface area contributed by atoms with Gasteiger partial charge in [-0.1, -0.05) is 0 Å². The molecule has 0 aromatic heterocycles. The molecule has 2 fully saturated rings. The number of carbonyl (C=O) groups excluding carboxylic acids is 1. The average Bonchev–Trinajstić information content (AvgIpc) is 2.61. The Kier molecular flexibility index (Phi) is 4.05. The first kappa shape index (κ1) is 12.8. The molecule has 1 atom stereocenters. The van der Waals surface area contributed by atoms with E-state index in [2.05, 4.69) is 12.2 Å². The summed E-state index contributed by atoms with van der Waals surface area (Å²) in [4.78, 5) is 14.4. The predicted molar refractivity (Wildman–Crippen MR) is 66.8 cm³/mol. The van der Waals surface area contributed by atoms with Crippen molar-refractivity contribution in [2.75, 3.05) is 39.4 Å². The lowest BCUT2D eigenvalue weighted by Crippen LogP contribution is -2.43. The van der Waals surface area contributed by atoms with Crippen LogP contribution in [0.25, 0.3) is 0 Å². The maximum absolute atomic E-state index is 12.3. The van der Waals surface area contributed by atoms with Crippen molar-refractivity contribution < 1.29 is 9.53 Å². The fraction of sp³-hybridized carbons (Fsp3) is 0.923. The van der Waals surface area contributed by atoms with Crippen LogP contribution in [0.5, 0.6) is 0 Å². The van der Waals surface area contributed by atoms with Gasteiger partial charge in [0.25, 0.3) is 0 Å². The van der Waals surface area contributed by atoms with Crippen LogP contribution in [0.3, 0.4) is 0 Å². The molecule has 2 rings (SSSR count). The van der Waals surface area contributed by atoms with Gasteiger partial charge in [0.15, 0.2) is 0 Å². The summed E-state index contributed by atoms with van der Waals surface area (Å²) in [5.74, 6) is 0.396. The second-order valence-corrected chi connectivity index (χ2v) is 5.18. The molecule has 1 spiro atoms. The van der Waals surface area contributed by atoms with Crippen LogP contribution in [0.2, 0.25) is 0 Å². The lowest BCUT2D eigenvalue weighted by atomic mass is 9.71. The van der Waals surface area contributed by atoms with Crippen molar-refractivity contribution in [3.63, 3.8) is 0 Å². The third-order valence-corrected chi connectivity index (χ3v) is 4.32. The molecule has 98 valence electrons. The summed E-state index contributed by atoms with van der Waals surface area (Å²) in [6, 6.07) is 0. The molecule has 2 aliphatic heterocycles. The molecule has 0 saturated carbocycles. The minimum absolute atomic E-state index is 0.0875. The van der Waals surface area contributed by atoms with E-state index in [0.717, 1.165) is 39.0 Å². The Morgan fingerprint density at radius 3 is 2.71 bits per heavy atom. The van der Waals surface area contributed by atoms with Crippen LogP contribution in [-0.2, 0) is 9.53 Å². The molecule has 2 saturated heterocycles. The van der Waals surface area contributed by atoms with E-state index in [0.29, 0.717) is 19.1 Å². The molecule has 0 aliphatic carbocycles. The van der Waals surface area contributed by atoms with E-state index in [9.17, 15) is 4.79 Å². The second kappa shape index (κ2) is 5.36. The number of hydrogen-bond acceptors (Lipinski definition) is 3. The molecule has 0 unspecified atom stereocenters. The summed E-state index contributed by atoms with van der Waals surface area (Å²) in [6.07, 6.45) is 2.21. The predicted octanol–water partition coefficient (Wildman–Crippen LogP) is 0.871.